The molecule has 0 amide bonds. The van der Waals surface area contributed by atoms with E-state index in [-0.39, 0.29) is 12.4 Å². The van der Waals surface area contributed by atoms with Crippen molar-refractivity contribution in [3.63, 3.8) is 0 Å². The van der Waals surface area contributed by atoms with Gasteiger partial charge in [-0.3, -0.25) is 0 Å². The number of hydrogen-bond acceptors (Lipinski definition) is 2. The van der Waals surface area contributed by atoms with E-state index < -0.39 is 0 Å². The van der Waals surface area contributed by atoms with Gasteiger partial charge in [0.05, 0.1) is 20.1 Å². The zero-order chi connectivity index (χ0) is 8.16. The molecule has 0 N–H and O–H groups in total. The maximum atomic E-state index is 5.26. The smallest absolute Gasteiger partial charge is 0.110 e. The number of quaternary nitrogens is 1. The van der Waals surface area contributed by atoms with Gasteiger partial charge < -0.3 is 21.1 Å². The van der Waals surface area contributed by atoms with Gasteiger partial charge in [-0.15, -0.1) is 0 Å². The van der Waals surface area contributed by atoms with Gasteiger partial charge in [-0.2, -0.15) is 0 Å². The van der Waals surface area contributed by atoms with Crippen LogP contribution in [0, 0.1) is 0 Å². The molecule has 0 radical (unpaired) electrons. The largest absolute Gasteiger partial charge is 1.00 e. The van der Waals surface area contributed by atoms with E-state index in [1.807, 2.05) is 6.26 Å². The topological polar surface area (TPSA) is 9.23 Å². The van der Waals surface area contributed by atoms with Crippen LogP contribution in [-0.2, 0) is 4.18 Å². The lowest BCUT2D eigenvalue weighted by atomic mass is 10.4. The summed E-state index contributed by atoms with van der Waals surface area (Å²) in [5.74, 6) is 0. The Labute approximate surface area is 85.9 Å². The summed E-state index contributed by atoms with van der Waals surface area (Å²) in [5, 5.41) is 0. The summed E-state index contributed by atoms with van der Waals surface area (Å²) in [6.07, 6.45) is 4.77. The fourth-order valence-corrected chi connectivity index (χ4v) is 1.90. The number of nitrogens with zero attached hydrogens (tertiary/aromatic N) is 1. The van der Waals surface area contributed by atoms with Crippen molar-refractivity contribution in [3.8, 4) is 0 Å². The Hall–Kier alpha value is 0.560. The molecule has 1 rings (SSSR count). The number of hydrogen-bond donors (Lipinski definition) is 0. The van der Waals surface area contributed by atoms with E-state index in [1.165, 1.54) is 49.0 Å². The second-order valence-electron chi connectivity index (χ2n) is 3.49. The lowest BCUT2D eigenvalue weighted by Gasteiger charge is -2.28. The first-order valence-corrected chi connectivity index (χ1v) is 5.41. The van der Waals surface area contributed by atoms with E-state index in [9.17, 15) is 0 Å². The molecular formula is C8H18ClNOS. The Morgan fingerprint density at radius 1 is 1.33 bits per heavy atom. The molecule has 1 heterocycles. The summed E-state index contributed by atoms with van der Waals surface area (Å²) < 4.78 is 6.48. The van der Waals surface area contributed by atoms with Crippen LogP contribution >= 0.6 is 12.0 Å². The Balaban J connectivity index is 0.00000121. The number of likely N-dealkylation sites (tertiary alicyclic amines) is 1. The second-order valence-corrected chi connectivity index (χ2v) is 4.06. The van der Waals surface area contributed by atoms with Gasteiger partial charge in [0.15, 0.2) is 0 Å². The number of likely N-dealkylation sites (N-methyl/N-ethyl adjacent to an activating group) is 1. The van der Waals surface area contributed by atoms with Gasteiger partial charge in [-0.25, -0.2) is 0 Å². The molecule has 0 saturated carbocycles. The van der Waals surface area contributed by atoms with Gasteiger partial charge in [0.2, 0.25) is 0 Å². The van der Waals surface area contributed by atoms with Crippen molar-refractivity contribution in [1.82, 2.24) is 0 Å². The lowest BCUT2D eigenvalue weighted by molar-refractivity contribution is -0.897. The SMILES string of the molecule is CSOCC[N+]1(C)CCCC1.[Cl-]. The number of rotatable bonds is 4. The molecule has 12 heavy (non-hydrogen) atoms. The molecule has 0 aliphatic carbocycles. The van der Waals surface area contributed by atoms with Crippen LogP contribution in [-0.4, -0.2) is 44.0 Å². The van der Waals surface area contributed by atoms with Gasteiger partial charge >= 0.3 is 0 Å². The molecule has 0 aromatic heterocycles. The van der Waals surface area contributed by atoms with Gasteiger partial charge in [0.1, 0.15) is 13.2 Å². The maximum Gasteiger partial charge on any atom is 0.110 e. The van der Waals surface area contributed by atoms with Gasteiger partial charge in [0, 0.05) is 19.1 Å². The molecule has 0 spiro atoms. The molecule has 1 aliphatic heterocycles. The van der Waals surface area contributed by atoms with Crippen LogP contribution in [0.15, 0.2) is 0 Å². The minimum Gasteiger partial charge on any atom is -1.00 e. The molecule has 0 aromatic carbocycles. The van der Waals surface area contributed by atoms with Crippen molar-refractivity contribution in [2.75, 3.05) is 39.5 Å². The molecular weight excluding hydrogens is 194 g/mol. The summed E-state index contributed by atoms with van der Waals surface area (Å²) in [6.45, 7) is 4.77. The van der Waals surface area contributed by atoms with Crippen molar-refractivity contribution in [3.05, 3.63) is 0 Å². The molecule has 0 atom stereocenters. The molecule has 0 bridgehead atoms. The summed E-state index contributed by atoms with van der Waals surface area (Å²) in [5.41, 5.74) is 0. The van der Waals surface area contributed by atoms with Crippen molar-refractivity contribution in [2.24, 2.45) is 0 Å². The molecule has 1 fully saturated rings. The minimum atomic E-state index is 0. The summed E-state index contributed by atoms with van der Waals surface area (Å²) >= 11 is 1.47. The van der Waals surface area contributed by atoms with E-state index in [1.54, 1.807) is 0 Å². The predicted molar refractivity (Wildman–Crippen MR) is 49.5 cm³/mol. The average molecular weight is 212 g/mol. The Morgan fingerprint density at radius 3 is 2.42 bits per heavy atom. The first-order chi connectivity index (χ1) is 5.27. The van der Waals surface area contributed by atoms with Crippen LogP contribution in [0.1, 0.15) is 12.8 Å². The van der Waals surface area contributed by atoms with Crippen LogP contribution in [0.2, 0.25) is 0 Å². The fraction of sp³-hybridized carbons (Fsp3) is 1.00. The second kappa shape index (κ2) is 6.08. The minimum absolute atomic E-state index is 0. The van der Waals surface area contributed by atoms with Crippen LogP contribution in [0.25, 0.3) is 0 Å². The van der Waals surface area contributed by atoms with Crippen molar-refractivity contribution in [2.45, 2.75) is 12.8 Å². The molecule has 1 aliphatic rings. The Bertz CT molecular complexity index is 118. The summed E-state index contributed by atoms with van der Waals surface area (Å²) in [7, 11) is 2.33. The van der Waals surface area contributed by atoms with Gasteiger partial charge in [-0.05, 0) is 12.0 Å². The third kappa shape index (κ3) is 3.99. The quantitative estimate of drug-likeness (QED) is 0.319. The Kier molecular flexibility index (Phi) is 6.36. The molecule has 0 aromatic rings. The number of halogens is 1. The summed E-state index contributed by atoms with van der Waals surface area (Å²) in [6, 6.07) is 0. The highest BCUT2D eigenvalue weighted by molar-refractivity contribution is 7.93. The molecule has 1 saturated heterocycles. The molecule has 0 unspecified atom stereocenters. The zero-order valence-corrected chi connectivity index (χ0v) is 9.46. The van der Waals surface area contributed by atoms with E-state index in [4.69, 9.17) is 4.18 Å². The maximum absolute atomic E-state index is 5.26. The first kappa shape index (κ1) is 12.6. The normalized spacial score (nSPS) is 20.5. The van der Waals surface area contributed by atoms with E-state index in [0.717, 1.165) is 6.61 Å². The highest BCUT2D eigenvalue weighted by atomic mass is 35.5. The van der Waals surface area contributed by atoms with E-state index in [2.05, 4.69) is 7.05 Å². The van der Waals surface area contributed by atoms with Gasteiger partial charge in [0.25, 0.3) is 0 Å². The van der Waals surface area contributed by atoms with Crippen LogP contribution in [0.5, 0.6) is 0 Å². The lowest BCUT2D eigenvalue weighted by Crippen LogP contribution is -3.00. The monoisotopic (exact) mass is 211 g/mol. The van der Waals surface area contributed by atoms with Gasteiger partial charge in [-0.1, -0.05) is 0 Å². The molecule has 2 nitrogen and oxygen atoms in total. The third-order valence-electron chi connectivity index (χ3n) is 2.48. The Morgan fingerprint density at radius 2 is 1.92 bits per heavy atom. The highest BCUT2D eigenvalue weighted by Gasteiger charge is 2.25. The molecule has 4 heteroatoms. The van der Waals surface area contributed by atoms with Crippen molar-refractivity contribution in [1.29, 1.82) is 0 Å². The van der Waals surface area contributed by atoms with Crippen molar-refractivity contribution < 1.29 is 21.1 Å². The standard InChI is InChI=1S/C8H18NOS.ClH/c1-9(5-3-4-6-9)7-8-10-11-2;/h3-8H2,1-2H3;1H/q+1;/p-1. The highest BCUT2D eigenvalue weighted by Crippen LogP contribution is 2.15. The predicted octanol–water partition coefficient (Wildman–Crippen LogP) is -1.47. The van der Waals surface area contributed by atoms with Crippen LogP contribution in [0.3, 0.4) is 0 Å². The molecule has 74 valence electrons. The van der Waals surface area contributed by atoms with Crippen LogP contribution in [0.4, 0.5) is 0 Å². The average Bonchev–Trinajstić information content (AvgIpc) is 2.38. The third-order valence-corrected chi connectivity index (χ3v) is 2.88. The zero-order valence-electron chi connectivity index (χ0n) is 7.88. The van der Waals surface area contributed by atoms with Crippen molar-refractivity contribution >= 4 is 12.0 Å². The summed E-state index contributed by atoms with van der Waals surface area (Å²) in [4.78, 5) is 0. The van der Waals surface area contributed by atoms with E-state index in [0.29, 0.717) is 0 Å². The fourth-order valence-electron chi connectivity index (χ4n) is 1.66. The van der Waals surface area contributed by atoms with E-state index >= 15 is 0 Å². The first-order valence-electron chi connectivity index (χ1n) is 4.26. The van der Waals surface area contributed by atoms with Crippen LogP contribution < -0.4 is 12.4 Å².